The first-order valence-electron chi connectivity index (χ1n) is 9.39. The van der Waals surface area contributed by atoms with Gasteiger partial charge in [-0.05, 0) is 51.6 Å². The van der Waals surface area contributed by atoms with Gasteiger partial charge in [-0.1, -0.05) is 6.92 Å². The second-order valence-electron chi connectivity index (χ2n) is 7.25. The van der Waals surface area contributed by atoms with Crippen LogP contribution in [0.5, 0.6) is 0 Å². The van der Waals surface area contributed by atoms with E-state index in [-0.39, 0.29) is 23.3 Å². The van der Waals surface area contributed by atoms with Gasteiger partial charge in [0.15, 0.2) is 0 Å². The Morgan fingerprint density at radius 1 is 1.29 bits per heavy atom. The van der Waals surface area contributed by atoms with Gasteiger partial charge in [0, 0.05) is 32.0 Å². The summed E-state index contributed by atoms with van der Waals surface area (Å²) in [5.41, 5.74) is 0.0165. The molecule has 2 saturated heterocycles. The molecule has 0 aromatic rings. The predicted molar refractivity (Wildman–Crippen MR) is 93.7 cm³/mol. The number of piperidine rings is 2. The van der Waals surface area contributed by atoms with Crippen molar-refractivity contribution in [1.29, 1.82) is 0 Å². The van der Waals surface area contributed by atoms with Crippen molar-refractivity contribution in [2.24, 2.45) is 5.41 Å². The second kappa shape index (κ2) is 9.37. The number of methoxy groups -OCH3 is 1. The van der Waals surface area contributed by atoms with Crippen LogP contribution in [0.1, 0.15) is 51.9 Å². The molecular weight excluding hydrogens is 306 g/mol. The standard InChI is InChI=1S/C18H33N3O3/c1-3-6-16(22)21-12-5-4-7-15(21)17(23)20-13-18(14-24-2)8-10-19-11-9-18/h15,19H,3-14H2,1-2H3,(H,20,23). The molecular formula is C18H33N3O3. The van der Waals surface area contributed by atoms with Gasteiger partial charge < -0.3 is 20.3 Å². The Morgan fingerprint density at radius 2 is 2.04 bits per heavy atom. The van der Waals surface area contributed by atoms with Crippen LogP contribution in [0.15, 0.2) is 0 Å². The number of ether oxygens (including phenoxy) is 1. The lowest BCUT2D eigenvalue weighted by atomic mass is 9.79. The summed E-state index contributed by atoms with van der Waals surface area (Å²) in [5.74, 6) is 0.124. The Labute approximate surface area is 145 Å². The van der Waals surface area contributed by atoms with E-state index >= 15 is 0 Å². The average Bonchev–Trinajstić information content (AvgIpc) is 2.61. The highest BCUT2D eigenvalue weighted by Crippen LogP contribution is 2.28. The molecule has 2 fully saturated rings. The summed E-state index contributed by atoms with van der Waals surface area (Å²) in [6, 6.07) is -0.292. The largest absolute Gasteiger partial charge is 0.384 e. The molecule has 0 aromatic heterocycles. The summed E-state index contributed by atoms with van der Waals surface area (Å²) >= 11 is 0. The highest BCUT2D eigenvalue weighted by Gasteiger charge is 2.35. The first-order valence-corrected chi connectivity index (χ1v) is 9.39. The van der Waals surface area contributed by atoms with Crippen LogP contribution in [-0.4, -0.2) is 62.7 Å². The molecule has 6 nitrogen and oxygen atoms in total. The van der Waals surface area contributed by atoms with Crippen molar-refractivity contribution < 1.29 is 14.3 Å². The molecule has 1 atom stereocenters. The fourth-order valence-corrected chi connectivity index (χ4v) is 3.89. The molecule has 0 aliphatic carbocycles. The van der Waals surface area contributed by atoms with Crippen molar-refractivity contribution in [1.82, 2.24) is 15.5 Å². The average molecular weight is 339 g/mol. The lowest BCUT2D eigenvalue weighted by Crippen LogP contribution is -2.54. The van der Waals surface area contributed by atoms with E-state index in [0.29, 0.717) is 26.1 Å². The minimum absolute atomic E-state index is 0.00756. The number of nitrogens with zero attached hydrogens (tertiary/aromatic N) is 1. The van der Waals surface area contributed by atoms with E-state index in [1.807, 2.05) is 6.92 Å². The summed E-state index contributed by atoms with van der Waals surface area (Å²) in [7, 11) is 1.72. The van der Waals surface area contributed by atoms with Gasteiger partial charge in [0.25, 0.3) is 0 Å². The van der Waals surface area contributed by atoms with Gasteiger partial charge in [-0.3, -0.25) is 9.59 Å². The second-order valence-corrected chi connectivity index (χ2v) is 7.25. The molecule has 2 amide bonds. The van der Waals surface area contributed by atoms with E-state index in [9.17, 15) is 9.59 Å². The Kier molecular flexibility index (Phi) is 7.49. The summed E-state index contributed by atoms with van der Waals surface area (Å²) in [6.45, 7) is 5.94. The molecule has 0 radical (unpaired) electrons. The molecule has 2 aliphatic rings. The third kappa shape index (κ3) is 4.93. The monoisotopic (exact) mass is 339 g/mol. The van der Waals surface area contributed by atoms with Crippen LogP contribution in [0.25, 0.3) is 0 Å². The number of hydrogen-bond acceptors (Lipinski definition) is 4. The zero-order valence-corrected chi connectivity index (χ0v) is 15.2. The summed E-state index contributed by atoms with van der Waals surface area (Å²) in [6.07, 6.45) is 6.16. The van der Waals surface area contributed by atoms with Gasteiger partial charge in [-0.2, -0.15) is 0 Å². The smallest absolute Gasteiger partial charge is 0.242 e. The minimum Gasteiger partial charge on any atom is -0.384 e. The number of hydrogen-bond donors (Lipinski definition) is 2. The Morgan fingerprint density at radius 3 is 2.71 bits per heavy atom. The highest BCUT2D eigenvalue weighted by molar-refractivity contribution is 5.87. The Hall–Kier alpha value is -1.14. The maximum Gasteiger partial charge on any atom is 0.242 e. The van der Waals surface area contributed by atoms with Crippen LogP contribution < -0.4 is 10.6 Å². The first kappa shape index (κ1) is 19.2. The van der Waals surface area contributed by atoms with Gasteiger partial charge in [-0.25, -0.2) is 0 Å². The van der Waals surface area contributed by atoms with Crippen LogP contribution in [0, 0.1) is 5.41 Å². The van der Waals surface area contributed by atoms with E-state index in [1.165, 1.54) is 0 Å². The summed E-state index contributed by atoms with van der Waals surface area (Å²) in [4.78, 5) is 26.8. The van der Waals surface area contributed by atoms with E-state index in [1.54, 1.807) is 12.0 Å². The van der Waals surface area contributed by atoms with Gasteiger partial charge in [0.05, 0.1) is 6.61 Å². The molecule has 2 rings (SSSR count). The Bertz CT molecular complexity index is 416. The van der Waals surface area contributed by atoms with E-state index < -0.39 is 0 Å². The van der Waals surface area contributed by atoms with Gasteiger partial charge in [0.2, 0.25) is 11.8 Å². The normalized spacial score (nSPS) is 23.8. The summed E-state index contributed by atoms with van der Waals surface area (Å²) < 4.78 is 5.41. The molecule has 6 heteroatoms. The molecule has 0 spiro atoms. The zero-order valence-electron chi connectivity index (χ0n) is 15.2. The third-order valence-corrected chi connectivity index (χ3v) is 5.34. The number of amides is 2. The fourth-order valence-electron chi connectivity index (χ4n) is 3.89. The lowest BCUT2D eigenvalue weighted by Gasteiger charge is -2.39. The molecule has 24 heavy (non-hydrogen) atoms. The molecule has 0 aromatic carbocycles. The zero-order chi connectivity index (χ0) is 17.4. The first-order chi connectivity index (χ1) is 11.6. The van der Waals surface area contributed by atoms with Crippen LogP contribution >= 0.6 is 0 Å². The van der Waals surface area contributed by atoms with Gasteiger partial charge >= 0.3 is 0 Å². The van der Waals surface area contributed by atoms with Crippen LogP contribution in [0.4, 0.5) is 0 Å². The van der Waals surface area contributed by atoms with Gasteiger partial charge in [0.1, 0.15) is 6.04 Å². The third-order valence-electron chi connectivity index (χ3n) is 5.34. The number of carbonyl (C=O) groups excluding carboxylic acids is 2. The lowest BCUT2D eigenvalue weighted by molar-refractivity contribution is -0.142. The van der Waals surface area contributed by atoms with Crippen LogP contribution in [0.3, 0.4) is 0 Å². The maximum atomic E-state index is 12.7. The van der Waals surface area contributed by atoms with E-state index in [4.69, 9.17) is 4.74 Å². The molecule has 0 bridgehead atoms. The molecule has 2 heterocycles. The van der Waals surface area contributed by atoms with Crippen molar-refractivity contribution in [3.8, 4) is 0 Å². The van der Waals surface area contributed by atoms with Crippen molar-refractivity contribution in [2.75, 3.05) is 39.9 Å². The number of rotatable bonds is 7. The van der Waals surface area contributed by atoms with Gasteiger partial charge in [-0.15, -0.1) is 0 Å². The topological polar surface area (TPSA) is 70.7 Å². The van der Waals surface area contributed by atoms with E-state index in [2.05, 4.69) is 10.6 Å². The molecule has 2 aliphatic heterocycles. The quantitative estimate of drug-likeness (QED) is 0.733. The molecule has 1 unspecified atom stereocenters. The molecule has 0 saturated carbocycles. The minimum atomic E-state index is -0.292. The fraction of sp³-hybridized carbons (Fsp3) is 0.889. The van der Waals surface area contributed by atoms with Crippen molar-refractivity contribution >= 4 is 11.8 Å². The molecule has 2 N–H and O–H groups in total. The van der Waals surface area contributed by atoms with Crippen molar-refractivity contribution in [3.63, 3.8) is 0 Å². The highest BCUT2D eigenvalue weighted by atomic mass is 16.5. The summed E-state index contributed by atoms with van der Waals surface area (Å²) in [5, 5.41) is 6.50. The van der Waals surface area contributed by atoms with Crippen molar-refractivity contribution in [3.05, 3.63) is 0 Å². The maximum absolute atomic E-state index is 12.7. The number of likely N-dealkylation sites (tertiary alicyclic amines) is 1. The SMILES string of the molecule is CCCC(=O)N1CCCCC1C(=O)NCC1(COC)CCNCC1. The van der Waals surface area contributed by atoms with E-state index in [0.717, 1.165) is 51.6 Å². The number of nitrogens with one attached hydrogen (secondary N) is 2. The van der Waals surface area contributed by atoms with Crippen molar-refractivity contribution in [2.45, 2.75) is 57.9 Å². The van der Waals surface area contributed by atoms with Crippen LogP contribution in [0.2, 0.25) is 0 Å². The number of carbonyl (C=O) groups is 2. The predicted octanol–water partition coefficient (Wildman–Crippen LogP) is 1.30. The molecule has 138 valence electrons. The van der Waals surface area contributed by atoms with Crippen LogP contribution in [-0.2, 0) is 14.3 Å². The Balaban J connectivity index is 1.94.